The highest BCUT2D eigenvalue weighted by Crippen LogP contribution is 2.33. The molecule has 4 aromatic rings. The van der Waals surface area contributed by atoms with Gasteiger partial charge in [0.2, 0.25) is 0 Å². The van der Waals surface area contributed by atoms with Crippen LogP contribution >= 0.6 is 0 Å². The Bertz CT molecular complexity index is 1360. The maximum Gasteiger partial charge on any atom is 0.311 e. The Morgan fingerprint density at radius 2 is 1.50 bits per heavy atom. The molecule has 0 radical (unpaired) electrons. The normalized spacial score (nSPS) is 13.4. The quantitative estimate of drug-likeness (QED) is 0.147. The molecule has 3 atom stereocenters. The SMILES string of the molecule is COc1ccc(C[C@@H](C)N(C[C@H](O)c2ccc(OCc3ccccc3)c([N+](=O)[O-])c2)[C@H](C)c2ccccc2)cc1. The molecule has 1 N–H and O–H groups in total. The summed E-state index contributed by atoms with van der Waals surface area (Å²) < 4.78 is 11.1. The molecule has 0 aliphatic rings. The highest BCUT2D eigenvalue weighted by Gasteiger charge is 2.27. The molecular weight excluding hydrogens is 504 g/mol. The second-order valence-corrected chi connectivity index (χ2v) is 9.96. The summed E-state index contributed by atoms with van der Waals surface area (Å²) in [5.41, 5.74) is 3.51. The largest absolute Gasteiger partial charge is 0.497 e. The maximum absolute atomic E-state index is 11.9. The van der Waals surface area contributed by atoms with Crippen molar-refractivity contribution in [1.29, 1.82) is 0 Å². The van der Waals surface area contributed by atoms with Gasteiger partial charge < -0.3 is 14.6 Å². The number of aliphatic hydroxyl groups is 1. The highest BCUT2D eigenvalue weighted by molar-refractivity contribution is 5.49. The summed E-state index contributed by atoms with van der Waals surface area (Å²) in [5, 5.41) is 23.3. The van der Waals surface area contributed by atoms with Crippen molar-refractivity contribution in [2.45, 2.75) is 45.1 Å². The second-order valence-electron chi connectivity index (χ2n) is 9.96. The van der Waals surface area contributed by atoms with Gasteiger partial charge in [0.25, 0.3) is 0 Å². The zero-order valence-electron chi connectivity index (χ0n) is 23.1. The molecule has 208 valence electrons. The minimum absolute atomic E-state index is 0.00700. The average Bonchev–Trinajstić information content (AvgIpc) is 2.99. The number of hydrogen-bond donors (Lipinski definition) is 1. The van der Waals surface area contributed by atoms with Crippen LogP contribution in [0.15, 0.2) is 103 Å². The molecule has 7 nitrogen and oxygen atoms in total. The molecule has 0 saturated carbocycles. The Hall–Kier alpha value is -4.20. The number of nitrogens with zero attached hydrogens (tertiary/aromatic N) is 2. The molecule has 0 spiro atoms. The van der Waals surface area contributed by atoms with Crippen molar-refractivity contribution < 1.29 is 19.5 Å². The number of methoxy groups -OCH3 is 1. The summed E-state index contributed by atoms with van der Waals surface area (Å²) in [7, 11) is 1.65. The Balaban J connectivity index is 1.55. The van der Waals surface area contributed by atoms with Crippen LogP contribution in [0.3, 0.4) is 0 Å². The van der Waals surface area contributed by atoms with E-state index in [0.29, 0.717) is 12.1 Å². The number of aliphatic hydroxyl groups excluding tert-OH is 1. The number of nitro benzene ring substituents is 1. The topological polar surface area (TPSA) is 85.1 Å². The summed E-state index contributed by atoms with van der Waals surface area (Å²) in [4.78, 5) is 13.7. The summed E-state index contributed by atoms with van der Waals surface area (Å²) >= 11 is 0. The van der Waals surface area contributed by atoms with Crippen molar-refractivity contribution in [3.05, 3.63) is 135 Å². The fourth-order valence-electron chi connectivity index (χ4n) is 4.91. The van der Waals surface area contributed by atoms with Crippen molar-refractivity contribution in [1.82, 2.24) is 4.90 Å². The van der Waals surface area contributed by atoms with Gasteiger partial charge in [-0.3, -0.25) is 15.0 Å². The lowest BCUT2D eigenvalue weighted by atomic mass is 9.99. The van der Waals surface area contributed by atoms with Gasteiger partial charge in [0.05, 0.1) is 18.1 Å². The average molecular weight is 541 g/mol. The van der Waals surface area contributed by atoms with E-state index in [2.05, 4.69) is 43.0 Å². The molecule has 0 saturated heterocycles. The van der Waals surface area contributed by atoms with Gasteiger partial charge in [-0.25, -0.2) is 0 Å². The predicted molar refractivity (Wildman–Crippen MR) is 157 cm³/mol. The minimum atomic E-state index is -0.939. The minimum Gasteiger partial charge on any atom is -0.497 e. The number of hydrogen-bond acceptors (Lipinski definition) is 6. The molecule has 0 aromatic heterocycles. The van der Waals surface area contributed by atoms with Crippen LogP contribution in [0.25, 0.3) is 0 Å². The van der Waals surface area contributed by atoms with Crippen LogP contribution in [-0.2, 0) is 13.0 Å². The lowest BCUT2D eigenvalue weighted by Gasteiger charge is -2.36. The Kier molecular flexibility index (Phi) is 9.89. The number of ether oxygens (including phenoxy) is 2. The molecule has 4 aromatic carbocycles. The standard InChI is InChI=1S/C33H36N2O5/c1-24(20-26-14-17-30(39-3)18-15-26)34(25(2)28-12-8-5-9-13-28)22-32(36)29-16-19-33(31(21-29)35(37)38)40-23-27-10-6-4-7-11-27/h4-19,21,24-25,32,36H,20,22-23H2,1-3H3/t24-,25-,32+/m1/s1. The second kappa shape index (κ2) is 13.7. The van der Waals surface area contributed by atoms with Crippen LogP contribution in [-0.4, -0.2) is 34.6 Å². The Labute approximate surface area is 235 Å². The molecule has 0 unspecified atom stereocenters. The van der Waals surface area contributed by atoms with Crippen molar-refractivity contribution >= 4 is 5.69 Å². The number of benzene rings is 4. The van der Waals surface area contributed by atoms with Gasteiger partial charge in [0.15, 0.2) is 5.75 Å². The van der Waals surface area contributed by atoms with E-state index in [9.17, 15) is 15.2 Å². The van der Waals surface area contributed by atoms with Crippen LogP contribution in [0.5, 0.6) is 11.5 Å². The van der Waals surface area contributed by atoms with Crippen molar-refractivity contribution in [3.63, 3.8) is 0 Å². The van der Waals surface area contributed by atoms with Gasteiger partial charge in [-0.2, -0.15) is 0 Å². The maximum atomic E-state index is 11.9. The lowest BCUT2D eigenvalue weighted by molar-refractivity contribution is -0.386. The third-order valence-corrected chi connectivity index (χ3v) is 7.22. The van der Waals surface area contributed by atoms with E-state index in [0.717, 1.165) is 28.9 Å². The summed E-state index contributed by atoms with van der Waals surface area (Å²) in [6.07, 6.45) is -0.174. The van der Waals surface area contributed by atoms with E-state index in [1.54, 1.807) is 19.2 Å². The van der Waals surface area contributed by atoms with Gasteiger partial charge in [-0.1, -0.05) is 78.9 Å². The molecule has 0 aliphatic heterocycles. The summed E-state index contributed by atoms with van der Waals surface area (Å²) in [5.74, 6) is 0.978. The van der Waals surface area contributed by atoms with Crippen LogP contribution in [0.4, 0.5) is 5.69 Å². The van der Waals surface area contributed by atoms with Gasteiger partial charge in [0, 0.05) is 24.7 Å². The van der Waals surface area contributed by atoms with Gasteiger partial charge in [-0.15, -0.1) is 0 Å². The van der Waals surface area contributed by atoms with Crippen LogP contribution in [0.1, 0.15) is 48.2 Å². The van der Waals surface area contributed by atoms with Crippen molar-refractivity contribution in [3.8, 4) is 11.5 Å². The van der Waals surface area contributed by atoms with Gasteiger partial charge in [-0.05, 0) is 60.7 Å². The summed E-state index contributed by atoms with van der Waals surface area (Å²) in [6.45, 7) is 4.78. The lowest BCUT2D eigenvalue weighted by Crippen LogP contribution is -2.39. The fourth-order valence-corrected chi connectivity index (χ4v) is 4.91. The molecule has 0 heterocycles. The Morgan fingerprint density at radius 3 is 2.12 bits per heavy atom. The van der Waals surface area contributed by atoms with Gasteiger partial charge >= 0.3 is 5.69 Å². The fraction of sp³-hybridized carbons (Fsp3) is 0.273. The van der Waals surface area contributed by atoms with E-state index in [1.165, 1.54) is 6.07 Å². The number of rotatable bonds is 13. The van der Waals surface area contributed by atoms with E-state index >= 15 is 0 Å². The molecule has 0 amide bonds. The van der Waals surface area contributed by atoms with E-state index in [4.69, 9.17) is 9.47 Å². The van der Waals surface area contributed by atoms with Crippen molar-refractivity contribution in [2.75, 3.05) is 13.7 Å². The molecular formula is C33H36N2O5. The first kappa shape index (κ1) is 28.8. The first-order valence-electron chi connectivity index (χ1n) is 13.4. The first-order valence-corrected chi connectivity index (χ1v) is 13.4. The molecule has 40 heavy (non-hydrogen) atoms. The third-order valence-electron chi connectivity index (χ3n) is 7.22. The monoisotopic (exact) mass is 540 g/mol. The zero-order valence-corrected chi connectivity index (χ0v) is 23.1. The molecule has 0 aliphatic carbocycles. The zero-order chi connectivity index (χ0) is 28.5. The van der Waals surface area contributed by atoms with Crippen molar-refractivity contribution in [2.24, 2.45) is 0 Å². The molecule has 4 rings (SSSR count). The van der Waals surface area contributed by atoms with E-state index in [-0.39, 0.29) is 30.1 Å². The van der Waals surface area contributed by atoms with Crippen LogP contribution in [0.2, 0.25) is 0 Å². The highest BCUT2D eigenvalue weighted by atomic mass is 16.6. The van der Waals surface area contributed by atoms with Crippen LogP contribution in [0, 0.1) is 10.1 Å². The predicted octanol–water partition coefficient (Wildman–Crippen LogP) is 6.91. The molecule has 0 fully saturated rings. The smallest absolute Gasteiger partial charge is 0.311 e. The van der Waals surface area contributed by atoms with E-state index < -0.39 is 11.0 Å². The Morgan fingerprint density at radius 1 is 0.850 bits per heavy atom. The van der Waals surface area contributed by atoms with E-state index in [1.807, 2.05) is 60.7 Å². The van der Waals surface area contributed by atoms with Crippen LogP contribution < -0.4 is 9.47 Å². The molecule has 0 bridgehead atoms. The van der Waals surface area contributed by atoms with Gasteiger partial charge in [0.1, 0.15) is 12.4 Å². The number of nitro groups is 1. The molecule has 7 heteroatoms. The first-order chi connectivity index (χ1) is 19.4. The summed E-state index contributed by atoms with van der Waals surface area (Å²) in [6, 6.07) is 32.4. The third kappa shape index (κ3) is 7.46.